The molecule has 0 aliphatic rings. The quantitative estimate of drug-likeness (QED) is 0.735. The van der Waals surface area contributed by atoms with Gasteiger partial charge in [0.25, 0.3) is 0 Å². The molecule has 18 heavy (non-hydrogen) atoms. The molecule has 1 aromatic carbocycles. The van der Waals surface area contributed by atoms with Gasteiger partial charge in [0.1, 0.15) is 0 Å². The van der Waals surface area contributed by atoms with Crippen LogP contribution in [0.25, 0.3) is 16.8 Å². The van der Waals surface area contributed by atoms with Crippen LogP contribution in [0, 0.1) is 11.3 Å². The summed E-state index contributed by atoms with van der Waals surface area (Å²) in [6.07, 6.45) is 2.06. The smallest absolute Gasteiger partial charge is 0.214 e. The summed E-state index contributed by atoms with van der Waals surface area (Å²) in [6.45, 7) is 0.791. The Kier molecular flexibility index (Phi) is 2.32. The fourth-order valence-electron chi connectivity index (χ4n) is 2.22. The molecule has 0 atom stereocenters. The van der Waals surface area contributed by atoms with E-state index >= 15 is 0 Å². The van der Waals surface area contributed by atoms with Gasteiger partial charge in [0, 0.05) is 19.8 Å². The van der Waals surface area contributed by atoms with Crippen LogP contribution in [0.2, 0.25) is 0 Å². The molecular formula is C13H13N5. The Bertz CT molecular complexity index is 772. The maximum atomic E-state index is 8.96. The highest BCUT2D eigenvalue weighted by Crippen LogP contribution is 2.20. The third-order valence-electron chi connectivity index (χ3n) is 3.17. The molecule has 2 heterocycles. The first-order chi connectivity index (χ1) is 8.74. The minimum Gasteiger partial charge on any atom is -0.316 e. The second kappa shape index (κ2) is 3.86. The lowest BCUT2D eigenvalue weighted by molar-refractivity contribution is 0.742. The first-order valence-electron chi connectivity index (χ1n) is 5.75. The van der Waals surface area contributed by atoms with Gasteiger partial charge in [-0.05, 0) is 25.2 Å². The first kappa shape index (κ1) is 10.8. The van der Waals surface area contributed by atoms with Crippen LogP contribution in [0.4, 0.5) is 0 Å². The highest BCUT2D eigenvalue weighted by molar-refractivity contribution is 5.81. The molecule has 3 rings (SSSR count). The van der Waals surface area contributed by atoms with Gasteiger partial charge >= 0.3 is 0 Å². The van der Waals surface area contributed by atoms with E-state index < -0.39 is 0 Å². The number of rotatable bonds is 2. The molecule has 0 radical (unpaired) electrons. The van der Waals surface area contributed by atoms with E-state index in [2.05, 4.69) is 27.1 Å². The molecule has 5 nitrogen and oxygen atoms in total. The number of fused-ring (bicyclic) bond motifs is 3. The zero-order valence-electron chi connectivity index (χ0n) is 10.3. The number of imidazole rings is 2. The Hall–Kier alpha value is -2.32. The monoisotopic (exact) mass is 239 g/mol. The Balaban J connectivity index is 2.33. The van der Waals surface area contributed by atoms with E-state index in [-0.39, 0.29) is 0 Å². The lowest BCUT2D eigenvalue weighted by Gasteiger charge is -1.99. The molecule has 5 heteroatoms. The van der Waals surface area contributed by atoms with Gasteiger partial charge in [0.2, 0.25) is 5.78 Å². The van der Waals surface area contributed by atoms with Gasteiger partial charge in [-0.3, -0.25) is 4.40 Å². The predicted octanol–water partition coefficient (Wildman–Crippen LogP) is 1.42. The van der Waals surface area contributed by atoms with Gasteiger partial charge in [-0.2, -0.15) is 5.26 Å². The van der Waals surface area contributed by atoms with Crippen LogP contribution in [-0.4, -0.2) is 21.0 Å². The summed E-state index contributed by atoms with van der Waals surface area (Å²) in [5.41, 5.74) is 3.70. The van der Waals surface area contributed by atoms with Crippen LogP contribution in [0.15, 0.2) is 24.4 Å². The molecule has 0 aliphatic carbocycles. The van der Waals surface area contributed by atoms with Gasteiger partial charge in [0.05, 0.1) is 28.4 Å². The van der Waals surface area contributed by atoms with Gasteiger partial charge in [-0.1, -0.05) is 0 Å². The van der Waals surface area contributed by atoms with Crippen LogP contribution in [-0.2, 0) is 13.6 Å². The number of hydrogen-bond donors (Lipinski definition) is 1. The molecule has 0 saturated carbocycles. The standard InChI is InChI=1S/C13H13N5/c1-15-7-10-8-18-12-5-9(6-14)3-4-11(12)16-13(18)17(10)2/h3-5,8,15H,7H2,1-2H3. The summed E-state index contributed by atoms with van der Waals surface area (Å²) in [7, 11) is 3.92. The highest BCUT2D eigenvalue weighted by atomic mass is 15.2. The fourth-order valence-corrected chi connectivity index (χ4v) is 2.22. The molecule has 0 spiro atoms. The van der Waals surface area contributed by atoms with Crippen molar-refractivity contribution in [3.63, 3.8) is 0 Å². The number of aromatic nitrogens is 3. The summed E-state index contributed by atoms with van der Waals surface area (Å²) in [6, 6.07) is 7.72. The number of nitrogens with one attached hydrogen (secondary N) is 1. The summed E-state index contributed by atoms with van der Waals surface area (Å²) < 4.78 is 4.09. The lowest BCUT2D eigenvalue weighted by Crippen LogP contribution is -2.08. The normalized spacial score (nSPS) is 11.2. The third-order valence-corrected chi connectivity index (χ3v) is 3.17. The fraction of sp³-hybridized carbons (Fsp3) is 0.231. The molecular weight excluding hydrogens is 226 g/mol. The third kappa shape index (κ3) is 1.40. The van der Waals surface area contributed by atoms with Crippen molar-refractivity contribution in [3.8, 4) is 6.07 Å². The van der Waals surface area contributed by atoms with Crippen LogP contribution >= 0.6 is 0 Å². The summed E-state index contributed by atoms with van der Waals surface area (Å²) in [5.74, 6) is 0.894. The number of aryl methyl sites for hydroxylation is 1. The van der Waals surface area contributed by atoms with Crippen molar-refractivity contribution in [3.05, 3.63) is 35.7 Å². The zero-order valence-corrected chi connectivity index (χ0v) is 10.3. The van der Waals surface area contributed by atoms with Crippen molar-refractivity contribution in [1.82, 2.24) is 19.3 Å². The topological polar surface area (TPSA) is 58.0 Å². The van der Waals surface area contributed by atoms with Gasteiger partial charge in [-0.25, -0.2) is 4.98 Å². The molecule has 90 valence electrons. The zero-order chi connectivity index (χ0) is 12.7. The largest absolute Gasteiger partial charge is 0.316 e. The van der Waals surface area contributed by atoms with Crippen molar-refractivity contribution >= 4 is 16.8 Å². The van der Waals surface area contributed by atoms with Crippen molar-refractivity contribution in [2.75, 3.05) is 7.05 Å². The molecule has 3 aromatic rings. The maximum Gasteiger partial charge on any atom is 0.214 e. The second-order valence-electron chi connectivity index (χ2n) is 4.31. The van der Waals surface area contributed by atoms with E-state index in [1.807, 2.05) is 30.6 Å². The molecule has 0 unspecified atom stereocenters. The van der Waals surface area contributed by atoms with E-state index in [1.54, 1.807) is 6.07 Å². The van der Waals surface area contributed by atoms with Crippen LogP contribution in [0.5, 0.6) is 0 Å². The summed E-state index contributed by atoms with van der Waals surface area (Å²) in [4.78, 5) is 4.58. The van der Waals surface area contributed by atoms with Gasteiger partial charge in [0.15, 0.2) is 0 Å². The van der Waals surface area contributed by atoms with Crippen molar-refractivity contribution in [2.45, 2.75) is 6.54 Å². The summed E-state index contributed by atoms with van der Waals surface area (Å²) in [5, 5.41) is 12.1. The average Bonchev–Trinajstić information content (AvgIpc) is 2.88. The lowest BCUT2D eigenvalue weighted by atomic mass is 10.2. The highest BCUT2D eigenvalue weighted by Gasteiger charge is 2.11. The minimum atomic E-state index is 0.656. The molecule has 0 fully saturated rings. The Morgan fingerprint density at radius 3 is 3.00 bits per heavy atom. The molecule has 0 aliphatic heterocycles. The van der Waals surface area contributed by atoms with Crippen molar-refractivity contribution < 1.29 is 0 Å². The Labute approximate surface area is 104 Å². The van der Waals surface area contributed by atoms with Gasteiger partial charge < -0.3 is 9.88 Å². The minimum absolute atomic E-state index is 0.656. The van der Waals surface area contributed by atoms with E-state index in [1.165, 1.54) is 0 Å². The number of benzene rings is 1. The van der Waals surface area contributed by atoms with Crippen LogP contribution < -0.4 is 5.32 Å². The Morgan fingerprint density at radius 2 is 2.28 bits per heavy atom. The predicted molar refractivity (Wildman–Crippen MR) is 69.1 cm³/mol. The number of nitriles is 1. The van der Waals surface area contributed by atoms with E-state index in [4.69, 9.17) is 5.26 Å². The number of nitrogens with zero attached hydrogens (tertiary/aromatic N) is 4. The molecule has 0 amide bonds. The SMILES string of the molecule is CNCc1cn2c3cc(C#N)ccc3nc2n1C. The van der Waals surface area contributed by atoms with Crippen LogP contribution in [0.1, 0.15) is 11.3 Å². The first-order valence-corrected chi connectivity index (χ1v) is 5.75. The van der Waals surface area contributed by atoms with Crippen LogP contribution in [0.3, 0.4) is 0 Å². The second-order valence-corrected chi connectivity index (χ2v) is 4.31. The maximum absolute atomic E-state index is 8.96. The van der Waals surface area contributed by atoms with Gasteiger partial charge in [-0.15, -0.1) is 0 Å². The van der Waals surface area contributed by atoms with Crippen molar-refractivity contribution in [1.29, 1.82) is 5.26 Å². The van der Waals surface area contributed by atoms with Crippen molar-refractivity contribution in [2.24, 2.45) is 7.05 Å². The Morgan fingerprint density at radius 1 is 1.44 bits per heavy atom. The molecule has 0 saturated heterocycles. The molecule has 0 bridgehead atoms. The molecule has 1 N–H and O–H groups in total. The average molecular weight is 239 g/mol. The number of hydrogen-bond acceptors (Lipinski definition) is 3. The van der Waals surface area contributed by atoms with E-state index in [0.29, 0.717) is 5.56 Å². The van der Waals surface area contributed by atoms with E-state index in [0.717, 1.165) is 29.0 Å². The summed E-state index contributed by atoms with van der Waals surface area (Å²) >= 11 is 0. The molecule has 2 aromatic heterocycles. The van der Waals surface area contributed by atoms with E-state index in [9.17, 15) is 0 Å².